The topological polar surface area (TPSA) is 68.0 Å². The summed E-state index contributed by atoms with van der Waals surface area (Å²) in [6.45, 7) is 3.30. The van der Waals surface area contributed by atoms with Gasteiger partial charge in [-0.25, -0.2) is 0 Å². The predicted molar refractivity (Wildman–Crippen MR) is 54.0 cm³/mol. The summed E-state index contributed by atoms with van der Waals surface area (Å²) < 4.78 is 10.1. The molecule has 1 aromatic heterocycles. The molecule has 0 aliphatic carbocycles. The minimum absolute atomic E-state index is 0.0859. The lowest BCUT2D eigenvalue weighted by Crippen LogP contribution is -2.11. The Kier molecular flexibility index (Phi) is 3.69. The van der Waals surface area contributed by atoms with Crippen molar-refractivity contribution in [1.29, 1.82) is 5.26 Å². The summed E-state index contributed by atoms with van der Waals surface area (Å²) in [6.07, 6.45) is -0.615. The first kappa shape index (κ1) is 11.5. The molecule has 5 nitrogen and oxygen atoms in total. The van der Waals surface area contributed by atoms with Crippen LogP contribution in [0.4, 0.5) is 0 Å². The molecule has 0 saturated carbocycles. The van der Waals surface area contributed by atoms with Crippen molar-refractivity contribution in [2.45, 2.75) is 20.0 Å². The molecule has 0 spiro atoms. The van der Waals surface area contributed by atoms with E-state index in [2.05, 4.69) is 9.97 Å². The zero-order valence-electron chi connectivity index (χ0n) is 8.61. The number of rotatable bonds is 3. The molecule has 0 aliphatic rings. The van der Waals surface area contributed by atoms with Crippen LogP contribution in [0.25, 0.3) is 0 Å². The fourth-order valence-corrected chi connectivity index (χ4v) is 1.04. The van der Waals surface area contributed by atoms with E-state index in [0.29, 0.717) is 10.7 Å². The fraction of sp³-hybridized carbons (Fsp3) is 0.444. The van der Waals surface area contributed by atoms with Crippen LogP contribution in [0.3, 0.4) is 0 Å². The third kappa shape index (κ3) is 2.70. The second-order valence-corrected chi connectivity index (χ2v) is 3.18. The van der Waals surface area contributed by atoms with Gasteiger partial charge in [0.05, 0.1) is 12.8 Å². The monoisotopic (exact) mass is 227 g/mol. The van der Waals surface area contributed by atoms with Crippen LogP contribution in [0.5, 0.6) is 11.9 Å². The first-order chi connectivity index (χ1) is 7.08. The third-order valence-corrected chi connectivity index (χ3v) is 2.06. The van der Waals surface area contributed by atoms with Crippen LogP contribution < -0.4 is 9.47 Å². The Balaban J connectivity index is 3.02. The van der Waals surface area contributed by atoms with E-state index >= 15 is 0 Å². The van der Waals surface area contributed by atoms with E-state index in [1.165, 1.54) is 7.11 Å². The number of nitrogens with zero attached hydrogens (tertiary/aromatic N) is 3. The van der Waals surface area contributed by atoms with Gasteiger partial charge in [-0.2, -0.15) is 15.2 Å². The average molecular weight is 228 g/mol. The van der Waals surface area contributed by atoms with Gasteiger partial charge in [-0.1, -0.05) is 11.6 Å². The van der Waals surface area contributed by atoms with Crippen molar-refractivity contribution in [3.63, 3.8) is 0 Å². The number of ether oxygens (including phenoxy) is 2. The van der Waals surface area contributed by atoms with E-state index in [1.54, 1.807) is 13.8 Å². The zero-order chi connectivity index (χ0) is 11.4. The summed E-state index contributed by atoms with van der Waals surface area (Å²) in [6, 6.07) is 1.99. The first-order valence-electron chi connectivity index (χ1n) is 4.23. The quantitative estimate of drug-likeness (QED) is 0.787. The lowest BCUT2D eigenvalue weighted by Gasteiger charge is -2.09. The van der Waals surface area contributed by atoms with Gasteiger partial charge in [0.15, 0.2) is 6.10 Å². The van der Waals surface area contributed by atoms with E-state index in [1.807, 2.05) is 6.07 Å². The summed E-state index contributed by atoms with van der Waals surface area (Å²) >= 11 is 5.87. The Hall–Kier alpha value is -1.54. The van der Waals surface area contributed by atoms with Crippen LogP contribution >= 0.6 is 11.6 Å². The minimum Gasteiger partial charge on any atom is -0.480 e. The maximum Gasteiger partial charge on any atom is 0.321 e. The van der Waals surface area contributed by atoms with Gasteiger partial charge in [-0.15, -0.1) is 0 Å². The van der Waals surface area contributed by atoms with Gasteiger partial charge in [0.2, 0.25) is 5.88 Å². The number of hydrogen-bond acceptors (Lipinski definition) is 5. The summed E-state index contributed by atoms with van der Waals surface area (Å²) in [5.74, 6) is 0.240. The SMILES string of the molecule is COc1nc(O[C@H](C)C#N)nc(C)c1Cl. The molecule has 0 aliphatic heterocycles. The maximum atomic E-state index is 8.56. The van der Waals surface area contributed by atoms with Crippen molar-refractivity contribution >= 4 is 11.6 Å². The van der Waals surface area contributed by atoms with Crippen molar-refractivity contribution in [3.8, 4) is 18.0 Å². The van der Waals surface area contributed by atoms with Crippen LogP contribution in [-0.2, 0) is 0 Å². The number of aryl methyl sites for hydroxylation is 1. The van der Waals surface area contributed by atoms with Gasteiger partial charge >= 0.3 is 6.01 Å². The van der Waals surface area contributed by atoms with E-state index in [0.717, 1.165) is 0 Å². The molecule has 15 heavy (non-hydrogen) atoms. The molecular formula is C9H10ClN3O2. The Morgan fingerprint density at radius 1 is 1.47 bits per heavy atom. The lowest BCUT2D eigenvalue weighted by molar-refractivity contribution is 0.248. The first-order valence-corrected chi connectivity index (χ1v) is 4.60. The second-order valence-electron chi connectivity index (χ2n) is 2.80. The smallest absolute Gasteiger partial charge is 0.321 e. The molecule has 6 heteroatoms. The highest BCUT2D eigenvalue weighted by Gasteiger charge is 2.12. The molecule has 80 valence electrons. The maximum absolute atomic E-state index is 8.56. The lowest BCUT2D eigenvalue weighted by atomic mass is 10.4. The van der Waals surface area contributed by atoms with Gasteiger partial charge in [0, 0.05) is 0 Å². The Labute approximate surface area is 92.6 Å². The molecule has 0 radical (unpaired) electrons. The predicted octanol–water partition coefficient (Wildman–Crippen LogP) is 1.74. The molecule has 0 fully saturated rings. The van der Waals surface area contributed by atoms with E-state index < -0.39 is 6.10 Å². The summed E-state index contributed by atoms with van der Waals surface area (Å²) in [7, 11) is 1.45. The summed E-state index contributed by atoms with van der Waals surface area (Å²) in [5.41, 5.74) is 0.545. The van der Waals surface area contributed by atoms with Crippen molar-refractivity contribution < 1.29 is 9.47 Å². The van der Waals surface area contributed by atoms with Crippen LogP contribution in [0.1, 0.15) is 12.6 Å². The number of hydrogen-bond donors (Lipinski definition) is 0. The fourth-order valence-electron chi connectivity index (χ4n) is 0.881. The van der Waals surface area contributed by atoms with E-state index in [4.69, 9.17) is 26.3 Å². The molecule has 0 aromatic carbocycles. The highest BCUT2D eigenvalue weighted by molar-refractivity contribution is 6.32. The van der Waals surface area contributed by atoms with Gasteiger partial charge in [0.1, 0.15) is 11.1 Å². The molecule has 0 saturated heterocycles. The van der Waals surface area contributed by atoms with Crippen LogP contribution in [0.15, 0.2) is 0 Å². The Morgan fingerprint density at radius 2 is 2.13 bits per heavy atom. The normalized spacial score (nSPS) is 11.7. The summed E-state index contributed by atoms with van der Waals surface area (Å²) in [4.78, 5) is 7.87. The highest BCUT2D eigenvalue weighted by atomic mass is 35.5. The molecule has 0 amide bonds. The number of nitriles is 1. The molecule has 1 rings (SSSR count). The van der Waals surface area contributed by atoms with Crippen LogP contribution in [0, 0.1) is 18.3 Å². The van der Waals surface area contributed by atoms with Crippen LogP contribution in [-0.4, -0.2) is 23.2 Å². The number of aromatic nitrogens is 2. The summed E-state index contributed by atoms with van der Waals surface area (Å²) in [5, 5.41) is 8.90. The molecule has 0 bridgehead atoms. The molecule has 1 aromatic rings. The van der Waals surface area contributed by atoms with Crippen molar-refractivity contribution in [2.24, 2.45) is 0 Å². The van der Waals surface area contributed by atoms with E-state index in [-0.39, 0.29) is 11.9 Å². The molecule has 0 unspecified atom stereocenters. The van der Waals surface area contributed by atoms with Crippen molar-refractivity contribution in [2.75, 3.05) is 7.11 Å². The number of methoxy groups -OCH3 is 1. The highest BCUT2D eigenvalue weighted by Crippen LogP contribution is 2.26. The van der Waals surface area contributed by atoms with Gasteiger partial charge in [-0.3, -0.25) is 0 Å². The molecule has 0 N–H and O–H groups in total. The van der Waals surface area contributed by atoms with Gasteiger partial charge in [-0.05, 0) is 13.8 Å². The zero-order valence-corrected chi connectivity index (χ0v) is 9.37. The standard InChI is InChI=1S/C9H10ClN3O2/c1-5(4-11)15-9-12-6(2)7(10)8(13-9)14-3/h5H,1-3H3/t5-/m1/s1. The number of halogens is 1. The minimum atomic E-state index is -0.615. The Morgan fingerprint density at radius 3 is 2.67 bits per heavy atom. The van der Waals surface area contributed by atoms with Crippen molar-refractivity contribution in [1.82, 2.24) is 9.97 Å². The molecular weight excluding hydrogens is 218 g/mol. The molecule has 1 heterocycles. The third-order valence-electron chi connectivity index (χ3n) is 1.62. The largest absolute Gasteiger partial charge is 0.480 e. The van der Waals surface area contributed by atoms with Crippen LogP contribution in [0.2, 0.25) is 5.02 Å². The second kappa shape index (κ2) is 4.80. The Bertz CT molecular complexity index is 403. The van der Waals surface area contributed by atoms with Gasteiger partial charge in [0.25, 0.3) is 0 Å². The molecule has 1 atom stereocenters. The average Bonchev–Trinajstić information content (AvgIpc) is 2.22. The van der Waals surface area contributed by atoms with Crippen molar-refractivity contribution in [3.05, 3.63) is 10.7 Å². The van der Waals surface area contributed by atoms with Gasteiger partial charge < -0.3 is 9.47 Å². The van der Waals surface area contributed by atoms with E-state index in [9.17, 15) is 0 Å².